The molecule has 1 fully saturated rings. The molecule has 1 aromatic heterocycles. The molecule has 0 bridgehead atoms. The largest absolute Gasteiger partial charge is 0.476 e. The van der Waals surface area contributed by atoms with E-state index in [1.165, 1.54) is 12.8 Å². The third kappa shape index (κ3) is 3.92. The molecule has 104 valence electrons. The van der Waals surface area contributed by atoms with E-state index in [1.54, 1.807) is 18.2 Å². The van der Waals surface area contributed by atoms with E-state index in [9.17, 15) is 4.79 Å². The number of ether oxygens (including phenoxy) is 1. The molecule has 1 aliphatic rings. The second-order valence-corrected chi connectivity index (χ2v) is 5.29. The summed E-state index contributed by atoms with van der Waals surface area (Å²) >= 11 is 0. The number of carbonyl (C=O) groups excluding carboxylic acids is 1. The molecule has 0 aromatic carbocycles. The maximum Gasteiger partial charge on any atom is 0.267 e. The van der Waals surface area contributed by atoms with Crippen molar-refractivity contribution in [1.29, 1.82) is 0 Å². The van der Waals surface area contributed by atoms with Gasteiger partial charge in [-0.05, 0) is 18.9 Å². The van der Waals surface area contributed by atoms with Crippen LogP contribution in [0.25, 0.3) is 0 Å². The van der Waals surface area contributed by atoms with Crippen molar-refractivity contribution in [3.05, 3.63) is 23.9 Å². The molecule has 1 aromatic rings. The van der Waals surface area contributed by atoms with Crippen LogP contribution < -0.4 is 16.2 Å². The highest BCUT2D eigenvalue weighted by atomic mass is 16.5. The van der Waals surface area contributed by atoms with Crippen LogP contribution in [-0.4, -0.2) is 23.0 Å². The zero-order chi connectivity index (χ0) is 13.7. The molecule has 1 heterocycles. The summed E-state index contributed by atoms with van der Waals surface area (Å²) in [5.74, 6) is -0.146. The maximum atomic E-state index is 11.0. The molecule has 0 atom stereocenters. The van der Waals surface area contributed by atoms with Gasteiger partial charge < -0.3 is 16.2 Å². The SMILES string of the molecule is NC(=O)c1cccc(OCC2(N)CCCCCC2)n1. The highest BCUT2D eigenvalue weighted by Crippen LogP contribution is 2.25. The first-order valence-corrected chi connectivity index (χ1v) is 6.78. The molecular weight excluding hydrogens is 242 g/mol. The van der Waals surface area contributed by atoms with Crippen LogP contribution in [0.5, 0.6) is 5.88 Å². The van der Waals surface area contributed by atoms with Crippen molar-refractivity contribution in [3.8, 4) is 5.88 Å². The van der Waals surface area contributed by atoms with Gasteiger partial charge in [-0.3, -0.25) is 4.79 Å². The van der Waals surface area contributed by atoms with Gasteiger partial charge in [-0.2, -0.15) is 0 Å². The molecule has 2 rings (SSSR count). The predicted octanol–water partition coefficient (Wildman–Crippen LogP) is 1.61. The lowest BCUT2D eigenvalue weighted by atomic mass is 9.93. The maximum absolute atomic E-state index is 11.0. The van der Waals surface area contributed by atoms with Crippen molar-refractivity contribution in [2.24, 2.45) is 11.5 Å². The Labute approximate surface area is 113 Å². The highest BCUT2D eigenvalue weighted by Gasteiger charge is 2.27. The average molecular weight is 263 g/mol. The highest BCUT2D eigenvalue weighted by molar-refractivity contribution is 5.90. The Hall–Kier alpha value is -1.62. The fraction of sp³-hybridized carbons (Fsp3) is 0.571. The molecular formula is C14H21N3O2. The Morgan fingerprint density at radius 1 is 1.26 bits per heavy atom. The molecule has 5 nitrogen and oxygen atoms in total. The van der Waals surface area contributed by atoms with Gasteiger partial charge in [0, 0.05) is 6.07 Å². The van der Waals surface area contributed by atoms with Crippen molar-refractivity contribution < 1.29 is 9.53 Å². The van der Waals surface area contributed by atoms with Gasteiger partial charge in [0.05, 0.1) is 5.54 Å². The smallest absolute Gasteiger partial charge is 0.267 e. The van der Waals surface area contributed by atoms with Crippen LogP contribution in [0.4, 0.5) is 0 Å². The Bertz CT molecular complexity index is 440. The van der Waals surface area contributed by atoms with Crippen molar-refractivity contribution in [2.45, 2.75) is 44.1 Å². The van der Waals surface area contributed by atoms with Gasteiger partial charge in [-0.25, -0.2) is 4.98 Å². The number of aromatic nitrogens is 1. The molecule has 1 saturated carbocycles. The number of carbonyl (C=O) groups is 1. The second kappa shape index (κ2) is 6.02. The van der Waals surface area contributed by atoms with E-state index in [0.717, 1.165) is 25.7 Å². The zero-order valence-electron chi connectivity index (χ0n) is 11.1. The van der Waals surface area contributed by atoms with E-state index in [1.807, 2.05) is 0 Å². The summed E-state index contributed by atoms with van der Waals surface area (Å²) in [4.78, 5) is 15.1. The summed E-state index contributed by atoms with van der Waals surface area (Å²) in [6, 6.07) is 4.99. The van der Waals surface area contributed by atoms with Crippen LogP contribution in [0.15, 0.2) is 18.2 Å². The molecule has 0 aliphatic heterocycles. The van der Waals surface area contributed by atoms with E-state index in [-0.39, 0.29) is 11.2 Å². The molecule has 1 amide bonds. The minimum atomic E-state index is -0.553. The normalized spacial score (nSPS) is 18.6. The lowest BCUT2D eigenvalue weighted by Gasteiger charge is -2.27. The van der Waals surface area contributed by atoms with Gasteiger partial charge in [-0.1, -0.05) is 31.7 Å². The molecule has 1 aliphatic carbocycles. The number of rotatable bonds is 4. The number of amides is 1. The minimum absolute atomic E-state index is 0.212. The van der Waals surface area contributed by atoms with Crippen molar-refractivity contribution in [2.75, 3.05) is 6.61 Å². The minimum Gasteiger partial charge on any atom is -0.476 e. The zero-order valence-corrected chi connectivity index (χ0v) is 11.1. The number of hydrogen-bond acceptors (Lipinski definition) is 4. The molecule has 4 N–H and O–H groups in total. The Kier molecular flexibility index (Phi) is 4.37. The van der Waals surface area contributed by atoms with Gasteiger partial charge >= 0.3 is 0 Å². The Morgan fingerprint density at radius 3 is 2.58 bits per heavy atom. The molecule has 0 unspecified atom stereocenters. The topological polar surface area (TPSA) is 91.2 Å². The fourth-order valence-electron chi connectivity index (χ4n) is 2.43. The molecule has 0 spiro atoms. The molecule has 5 heteroatoms. The first-order chi connectivity index (χ1) is 9.09. The van der Waals surface area contributed by atoms with Gasteiger partial charge in [0.15, 0.2) is 0 Å². The summed E-state index contributed by atoms with van der Waals surface area (Å²) in [7, 11) is 0. The van der Waals surface area contributed by atoms with E-state index < -0.39 is 5.91 Å². The van der Waals surface area contributed by atoms with Gasteiger partial charge in [0.25, 0.3) is 5.91 Å². The monoisotopic (exact) mass is 263 g/mol. The standard InChI is InChI=1S/C14H21N3O2/c15-13(18)11-6-5-7-12(17-11)19-10-14(16)8-3-1-2-4-9-14/h5-7H,1-4,8-10,16H2,(H2,15,18). The Balaban J connectivity index is 1.97. The van der Waals surface area contributed by atoms with Crippen molar-refractivity contribution >= 4 is 5.91 Å². The first-order valence-electron chi connectivity index (χ1n) is 6.78. The first kappa shape index (κ1) is 13.8. The summed E-state index contributed by atoms with van der Waals surface area (Å²) in [5.41, 5.74) is 11.5. The van der Waals surface area contributed by atoms with Gasteiger partial charge in [0.2, 0.25) is 5.88 Å². The number of nitrogens with two attached hydrogens (primary N) is 2. The molecule has 0 radical (unpaired) electrons. The summed E-state index contributed by atoms with van der Waals surface area (Å²) in [6.07, 6.45) is 6.73. The number of primary amides is 1. The van der Waals surface area contributed by atoms with Gasteiger partial charge in [-0.15, -0.1) is 0 Å². The van der Waals surface area contributed by atoms with Crippen LogP contribution in [0.1, 0.15) is 49.0 Å². The number of pyridine rings is 1. The Morgan fingerprint density at radius 2 is 1.95 bits per heavy atom. The van der Waals surface area contributed by atoms with Crippen molar-refractivity contribution in [1.82, 2.24) is 4.98 Å². The van der Waals surface area contributed by atoms with Crippen LogP contribution in [0.3, 0.4) is 0 Å². The third-order valence-electron chi connectivity index (χ3n) is 3.58. The summed E-state index contributed by atoms with van der Waals surface area (Å²) in [5, 5.41) is 0. The van der Waals surface area contributed by atoms with Crippen LogP contribution in [-0.2, 0) is 0 Å². The quantitative estimate of drug-likeness (QED) is 0.807. The lowest BCUT2D eigenvalue weighted by molar-refractivity contribution is 0.0994. The third-order valence-corrected chi connectivity index (χ3v) is 3.58. The number of nitrogens with zero attached hydrogens (tertiary/aromatic N) is 1. The van der Waals surface area contributed by atoms with E-state index in [0.29, 0.717) is 12.5 Å². The second-order valence-electron chi connectivity index (χ2n) is 5.29. The summed E-state index contributed by atoms with van der Waals surface area (Å²) < 4.78 is 5.65. The van der Waals surface area contributed by atoms with E-state index in [4.69, 9.17) is 16.2 Å². The van der Waals surface area contributed by atoms with Crippen molar-refractivity contribution in [3.63, 3.8) is 0 Å². The fourth-order valence-corrected chi connectivity index (χ4v) is 2.43. The van der Waals surface area contributed by atoms with Gasteiger partial charge in [0.1, 0.15) is 12.3 Å². The van der Waals surface area contributed by atoms with Crippen LogP contribution >= 0.6 is 0 Å². The lowest BCUT2D eigenvalue weighted by Crippen LogP contribution is -2.45. The number of hydrogen-bond donors (Lipinski definition) is 2. The average Bonchev–Trinajstić information content (AvgIpc) is 2.62. The molecule has 19 heavy (non-hydrogen) atoms. The van der Waals surface area contributed by atoms with Crippen LogP contribution in [0.2, 0.25) is 0 Å². The van der Waals surface area contributed by atoms with Crippen LogP contribution in [0, 0.1) is 0 Å². The predicted molar refractivity (Wildman–Crippen MR) is 72.9 cm³/mol. The molecule has 0 saturated heterocycles. The summed E-state index contributed by atoms with van der Waals surface area (Å²) in [6.45, 7) is 0.433. The van der Waals surface area contributed by atoms with E-state index >= 15 is 0 Å². The van der Waals surface area contributed by atoms with E-state index in [2.05, 4.69) is 4.98 Å².